The zero-order valence-corrected chi connectivity index (χ0v) is 14.9. The average molecular weight is 342 g/mol. The zero-order valence-electron chi connectivity index (χ0n) is 14.9. The number of hydrogen-bond donors (Lipinski definition) is 1. The third-order valence-electron chi connectivity index (χ3n) is 5.38. The fourth-order valence-electron chi connectivity index (χ4n) is 4.04. The number of likely N-dealkylation sites (tertiary alicyclic amines) is 1. The van der Waals surface area contributed by atoms with Gasteiger partial charge in [0.1, 0.15) is 6.54 Å². The van der Waals surface area contributed by atoms with E-state index in [-0.39, 0.29) is 48.1 Å². The summed E-state index contributed by atoms with van der Waals surface area (Å²) in [7, 11) is 0. The number of carbonyl (C=O) groups excluding carboxylic acids is 3. The van der Waals surface area contributed by atoms with Gasteiger partial charge in [-0.05, 0) is 24.3 Å². The number of hydrogen-bond acceptors (Lipinski definition) is 3. The highest BCUT2D eigenvalue weighted by molar-refractivity contribution is 6.07. The molecule has 0 radical (unpaired) electrons. The number of fused-ring (bicyclic) bond motifs is 1. The van der Waals surface area contributed by atoms with E-state index in [2.05, 4.69) is 5.32 Å². The van der Waals surface area contributed by atoms with Crippen molar-refractivity contribution in [1.82, 2.24) is 10.2 Å². The van der Waals surface area contributed by atoms with Gasteiger partial charge in [0.2, 0.25) is 17.7 Å². The Labute approximate surface area is 148 Å². The highest BCUT2D eigenvalue weighted by Gasteiger charge is 2.48. The summed E-state index contributed by atoms with van der Waals surface area (Å²) in [4.78, 5) is 38.7. The summed E-state index contributed by atoms with van der Waals surface area (Å²) in [5.74, 6) is -0.800. The topological polar surface area (TPSA) is 66.5 Å². The first kappa shape index (κ1) is 17.6. The molecule has 1 aliphatic heterocycles. The average Bonchev–Trinajstić information content (AvgIpc) is 2.85. The lowest BCUT2D eigenvalue weighted by Gasteiger charge is -2.24. The monoisotopic (exact) mass is 342 g/mol. The summed E-state index contributed by atoms with van der Waals surface area (Å²) in [6, 6.07) is 9.64. The van der Waals surface area contributed by atoms with Crippen LogP contribution < -0.4 is 5.32 Å². The standard InChI is InChI=1S/C20H26N2O3/c1-13(2)18(14-8-4-3-5-9-14)21-17(23)12-22-19(24)15-10-6-7-11-16(15)20(22)25/h3-5,8-9,13,15-16,18H,6-7,10-12H2,1-2H3,(H,21,23)/t15-,16-,18+/m1/s1. The maximum Gasteiger partial charge on any atom is 0.240 e. The van der Waals surface area contributed by atoms with Gasteiger partial charge in [0.05, 0.1) is 17.9 Å². The number of nitrogens with one attached hydrogen (secondary N) is 1. The number of rotatable bonds is 5. The van der Waals surface area contributed by atoms with Crippen LogP contribution in [0.2, 0.25) is 0 Å². The van der Waals surface area contributed by atoms with Crippen molar-refractivity contribution < 1.29 is 14.4 Å². The third-order valence-corrected chi connectivity index (χ3v) is 5.38. The second kappa shape index (κ2) is 7.38. The van der Waals surface area contributed by atoms with Crippen LogP contribution in [0.4, 0.5) is 0 Å². The molecule has 1 aliphatic carbocycles. The first-order valence-electron chi connectivity index (χ1n) is 9.18. The third kappa shape index (κ3) is 3.60. The molecule has 0 unspecified atom stereocenters. The van der Waals surface area contributed by atoms with Gasteiger partial charge in [-0.1, -0.05) is 57.0 Å². The van der Waals surface area contributed by atoms with Crippen molar-refractivity contribution in [1.29, 1.82) is 0 Å². The van der Waals surface area contributed by atoms with E-state index in [0.29, 0.717) is 0 Å². The Morgan fingerprint density at radius 2 is 1.64 bits per heavy atom. The molecule has 1 aromatic carbocycles. The van der Waals surface area contributed by atoms with E-state index in [1.165, 1.54) is 4.90 Å². The fraction of sp³-hybridized carbons (Fsp3) is 0.550. The van der Waals surface area contributed by atoms with Crippen LogP contribution in [0, 0.1) is 17.8 Å². The Morgan fingerprint density at radius 3 is 2.16 bits per heavy atom. The van der Waals surface area contributed by atoms with E-state index in [1.807, 2.05) is 44.2 Å². The molecule has 2 aliphatic rings. The van der Waals surface area contributed by atoms with Crippen LogP contribution in [0.5, 0.6) is 0 Å². The number of nitrogens with zero attached hydrogens (tertiary/aromatic N) is 1. The smallest absolute Gasteiger partial charge is 0.240 e. The maximum atomic E-state index is 12.5. The van der Waals surface area contributed by atoms with Gasteiger partial charge < -0.3 is 5.32 Å². The van der Waals surface area contributed by atoms with Crippen molar-refractivity contribution in [3.63, 3.8) is 0 Å². The Hall–Kier alpha value is -2.17. The van der Waals surface area contributed by atoms with Crippen LogP contribution in [0.1, 0.15) is 51.1 Å². The zero-order chi connectivity index (χ0) is 18.0. The van der Waals surface area contributed by atoms with Crippen molar-refractivity contribution in [3.8, 4) is 0 Å². The minimum Gasteiger partial charge on any atom is -0.347 e. The predicted molar refractivity (Wildman–Crippen MR) is 94.3 cm³/mol. The van der Waals surface area contributed by atoms with Gasteiger partial charge in [-0.25, -0.2) is 0 Å². The van der Waals surface area contributed by atoms with E-state index in [4.69, 9.17) is 0 Å². The van der Waals surface area contributed by atoms with Gasteiger partial charge >= 0.3 is 0 Å². The van der Waals surface area contributed by atoms with Crippen LogP contribution in [0.3, 0.4) is 0 Å². The Morgan fingerprint density at radius 1 is 1.08 bits per heavy atom. The van der Waals surface area contributed by atoms with Crippen LogP contribution in [-0.4, -0.2) is 29.2 Å². The van der Waals surface area contributed by atoms with E-state index in [9.17, 15) is 14.4 Å². The number of carbonyl (C=O) groups is 3. The van der Waals surface area contributed by atoms with Crippen LogP contribution in [-0.2, 0) is 14.4 Å². The molecule has 1 heterocycles. The van der Waals surface area contributed by atoms with Crippen LogP contribution in [0.25, 0.3) is 0 Å². The van der Waals surface area contributed by atoms with Gasteiger partial charge in [0.25, 0.3) is 0 Å². The molecule has 25 heavy (non-hydrogen) atoms. The van der Waals surface area contributed by atoms with Gasteiger partial charge in [-0.3, -0.25) is 19.3 Å². The van der Waals surface area contributed by atoms with E-state index in [0.717, 1.165) is 31.2 Å². The normalized spacial score (nSPS) is 24.4. The molecule has 0 aromatic heterocycles. The highest BCUT2D eigenvalue weighted by atomic mass is 16.2. The van der Waals surface area contributed by atoms with Crippen LogP contribution in [0.15, 0.2) is 30.3 Å². The van der Waals surface area contributed by atoms with E-state index < -0.39 is 0 Å². The van der Waals surface area contributed by atoms with Crippen molar-refractivity contribution in [2.75, 3.05) is 6.54 Å². The quantitative estimate of drug-likeness (QED) is 0.837. The highest BCUT2D eigenvalue weighted by Crippen LogP contribution is 2.37. The Kier molecular flexibility index (Phi) is 5.21. The second-order valence-electron chi connectivity index (χ2n) is 7.46. The molecule has 1 aromatic rings. The second-order valence-corrected chi connectivity index (χ2v) is 7.46. The summed E-state index contributed by atoms with van der Waals surface area (Å²) in [5.41, 5.74) is 1.03. The van der Waals surface area contributed by atoms with E-state index in [1.54, 1.807) is 0 Å². The molecule has 3 rings (SSSR count). The van der Waals surface area contributed by atoms with Crippen molar-refractivity contribution in [2.24, 2.45) is 17.8 Å². The first-order valence-corrected chi connectivity index (χ1v) is 9.18. The summed E-state index contributed by atoms with van der Waals surface area (Å²) >= 11 is 0. The molecule has 0 spiro atoms. The molecule has 2 fully saturated rings. The minimum absolute atomic E-state index is 0.135. The Balaban J connectivity index is 1.67. The molecule has 0 bridgehead atoms. The molecule has 3 atom stereocenters. The number of benzene rings is 1. The SMILES string of the molecule is CC(C)[C@H](NC(=O)CN1C(=O)[C@@H]2CCCC[C@H]2C1=O)c1ccccc1. The van der Waals surface area contributed by atoms with E-state index >= 15 is 0 Å². The lowest BCUT2D eigenvalue weighted by molar-refractivity contribution is -0.143. The van der Waals surface area contributed by atoms with Gasteiger partial charge in [-0.15, -0.1) is 0 Å². The number of amides is 3. The molecule has 1 saturated carbocycles. The molecular formula is C20H26N2O3. The van der Waals surface area contributed by atoms with Crippen molar-refractivity contribution in [3.05, 3.63) is 35.9 Å². The lowest BCUT2D eigenvalue weighted by atomic mass is 9.81. The molecular weight excluding hydrogens is 316 g/mol. The summed E-state index contributed by atoms with van der Waals surface area (Å²) in [5, 5.41) is 3.00. The largest absolute Gasteiger partial charge is 0.347 e. The number of imide groups is 1. The fourth-order valence-corrected chi connectivity index (χ4v) is 4.04. The molecule has 5 heteroatoms. The molecule has 3 amide bonds. The van der Waals surface area contributed by atoms with Crippen LogP contribution >= 0.6 is 0 Å². The lowest BCUT2D eigenvalue weighted by Crippen LogP contribution is -2.43. The molecule has 1 saturated heterocycles. The summed E-state index contributed by atoms with van der Waals surface area (Å²) in [6.07, 6.45) is 3.52. The Bertz CT molecular complexity index is 632. The van der Waals surface area contributed by atoms with Crippen molar-refractivity contribution in [2.45, 2.75) is 45.6 Å². The summed E-state index contributed by atoms with van der Waals surface area (Å²) in [6.45, 7) is 3.91. The maximum absolute atomic E-state index is 12.5. The molecule has 1 N–H and O–H groups in total. The molecule has 134 valence electrons. The minimum atomic E-state index is -0.275. The molecule has 5 nitrogen and oxygen atoms in total. The van der Waals surface area contributed by atoms with Gasteiger partial charge in [0, 0.05) is 0 Å². The van der Waals surface area contributed by atoms with Crippen molar-refractivity contribution >= 4 is 17.7 Å². The van der Waals surface area contributed by atoms with Gasteiger partial charge in [-0.2, -0.15) is 0 Å². The first-order chi connectivity index (χ1) is 12.0. The predicted octanol–water partition coefficient (Wildman–Crippen LogP) is 2.68. The summed E-state index contributed by atoms with van der Waals surface area (Å²) < 4.78 is 0. The van der Waals surface area contributed by atoms with Gasteiger partial charge in [0.15, 0.2) is 0 Å².